The molecule has 1 saturated heterocycles. The smallest absolute Gasteiger partial charge is 0.320 e. The van der Waals surface area contributed by atoms with E-state index in [0.29, 0.717) is 22.9 Å². The molecule has 2 aliphatic carbocycles. The number of nitrogens with zero attached hydrogens (tertiary/aromatic N) is 1. The predicted molar refractivity (Wildman–Crippen MR) is 123 cm³/mol. The minimum atomic E-state index is -0.685. The number of aliphatic carboxylic acids is 1. The van der Waals surface area contributed by atoms with Crippen LogP contribution in [0.3, 0.4) is 0 Å². The predicted octanol–water partition coefficient (Wildman–Crippen LogP) is 5.55. The van der Waals surface area contributed by atoms with E-state index in [1.165, 1.54) is 32.1 Å². The Kier molecular flexibility index (Phi) is 8.03. The van der Waals surface area contributed by atoms with Crippen LogP contribution in [-0.4, -0.2) is 48.5 Å². The van der Waals surface area contributed by atoms with E-state index >= 15 is 0 Å². The van der Waals surface area contributed by atoms with E-state index in [1.54, 1.807) is 18.2 Å². The topological polar surface area (TPSA) is 66.8 Å². The lowest BCUT2D eigenvalue weighted by Crippen LogP contribution is -2.39. The average molecular weight is 450 g/mol. The van der Waals surface area contributed by atoms with Gasteiger partial charge in [0.15, 0.2) is 0 Å². The molecule has 2 saturated carbocycles. The maximum Gasteiger partial charge on any atom is 0.320 e. The van der Waals surface area contributed by atoms with Crippen molar-refractivity contribution in [1.29, 1.82) is 0 Å². The number of ether oxygens (including phenoxy) is 1. The zero-order chi connectivity index (χ0) is 22.6. The summed E-state index contributed by atoms with van der Waals surface area (Å²) in [7, 11) is 1.85. The first-order valence-corrected chi connectivity index (χ1v) is 11.9. The molecule has 1 aromatic carbocycles. The summed E-state index contributed by atoms with van der Waals surface area (Å²) in [5.74, 6) is 2.63. The molecule has 172 valence electrons. The molecule has 3 unspecified atom stereocenters. The summed E-state index contributed by atoms with van der Waals surface area (Å²) in [5, 5.41) is 9.07. The van der Waals surface area contributed by atoms with Gasteiger partial charge in [0.2, 0.25) is 0 Å². The van der Waals surface area contributed by atoms with Crippen LogP contribution in [0, 0.1) is 23.2 Å². The van der Waals surface area contributed by atoms with Crippen molar-refractivity contribution >= 4 is 23.9 Å². The Morgan fingerprint density at radius 2 is 1.97 bits per heavy atom. The Labute approximate surface area is 191 Å². The van der Waals surface area contributed by atoms with Gasteiger partial charge in [-0.1, -0.05) is 25.4 Å². The Morgan fingerprint density at radius 3 is 2.45 bits per heavy atom. The lowest BCUT2D eigenvalue weighted by atomic mass is 9.60. The lowest BCUT2D eigenvalue weighted by Gasteiger charge is -2.47. The molecule has 4 rings (SSSR count). The molecule has 2 bridgehead atoms. The molecule has 1 N–H and O–H groups in total. The quantitative estimate of drug-likeness (QED) is 0.597. The number of hydrogen-bond acceptors (Lipinski definition) is 4. The molecule has 1 heterocycles. The van der Waals surface area contributed by atoms with Gasteiger partial charge in [-0.05, 0) is 94.5 Å². The van der Waals surface area contributed by atoms with E-state index in [-0.39, 0.29) is 11.5 Å². The molecule has 5 nitrogen and oxygen atoms in total. The third-order valence-corrected chi connectivity index (χ3v) is 7.47. The van der Waals surface area contributed by atoms with E-state index in [2.05, 4.69) is 13.8 Å². The first kappa shape index (κ1) is 24.1. The fraction of sp³-hybridized carbons (Fsp3) is 0.680. The Balaban J connectivity index is 0.000000254. The van der Waals surface area contributed by atoms with E-state index in [9.17, 15) is 9.59 Å². The number of carboxylic acid groups (broad SMARTS) is 1. The first-order chi connectivity index (χ1) is 14.7. The number of likely N-dealkylation sites (N-methyl/N-ethyl adjacent to an activating group) is 1. The molecule has 3 aliphatic rings. The van der Waals surface area contributed by atoms with Gasteiger partial charge >= 0.3 is 5.97 Å². The fourth-order valence-electron chi connectivity index (χ4n) is 6.01. The van der Waals surface area contributed by atoms with Crippen LogP contribution in [0.25, 0.3) is 0 Å². The van der Waals surface area contributed by atoms with E-state index in [0.717, 1.165) is 43.4 Å². The van der Waals surface area contributed by atoms with Gasteiger partial charge < -0.3 is 9.84 Å². The minimum Gasteiger partial charge on any atom is -0.491 e. The second-order valence-electron chi connectivity index (χ2n) is 10.3. The Morgan fingerprint density at radius 1 is 1.29 bits per heavy atom. The van der Waals surface area contributed by atoms with Crippen LogP contribution in [0.2, 0.25) is 5.02 Å². The minimum absolute atomic E-state index is 0.218. The fourth-order valence-corrected chi connectivity index (χ4v) is 6.25. The number of aldehydes is 1. The van der Waals surface area contributed by atoms with Crippen molar-refractivity contribution in [3.63, 3.8) is 0 Å². The monoisotopic (exact) mass is 449 g/mol. The molecule has 0 radical (unpaired) electrons. The van der Waals surface area contributed by atoms with Crippen molar-refractivity contribution in [3.8, 4) is 5.75 Å². The average Bonchev–Trinajstić information content (AvgIpc) is 3.12. The number of fused-ring (bicyclic) bond motifs is 2. The maximum atomic E-state index is 10.8. The highest BCUT2D eigenvalue weighted by Gasteiger charge is 2.41. The Hall–Kier alpha value is -1.59. The van der Waals surface area contributed by atoms with Gasteiger partial charge in [-0.3, -0.25) is 14.5 Å². The van der Waals surface area contributed by atoms with Crippen molar-refractivity contribution in [3.05, 3.63) is 28.8 Å². The maximum absolute atomic E-state index is 10.8. The lowest BCUT2D eigenvalue weighted by molar-refractivity contribution is -0.141. The van der Waals surface area contributed by atoms with Crippen molar-refractivity contribution < 1.29 is 19.4 Å². The highest BCUT2D eigenvalue weighted by molar-refractivity contribution is 6.32. The molecular formula is C25H36ClNO4. The number of likely N-dealkylation sites (tertiary alicyclic amines) is 1. The van der Waals surface area contributed by atoms with E-state index in [4.69, 9.17) is 21.4 Å². The van der Waals surface area contributed by atoms with Crippen molar-refractivity contribution in [1.82, 2.24) is 4.90 Å². The molecule has 1 aliphatic heterocycles. The molecule has 6 heteroatoms. The second-order valence-corrected chi connectivity index (χ2v) is 10.7. The third-order valence-electron chi connectivity index (χ3n) is 7.17. The second kappa shape index (κ2) is 10.4. The molecular weight excluding hydrogens is 414 g/mol. The van der Waals surface area contributed by atoms with Crippen LogP contribution in [0.5, 0.6) is 5.75 Å². The van der Waals surface area contributed by atoms with Gasteiger partial charge in [-0.15, -0.1) is 0 Å². The zero-order valence-corrected chi connectivity index (χ0v) is 19.7. The molecule has 3 fully saturated rings. The van der Waals surface area contributed by atoms with Crippen molar-refractivity contribution in [2.24, 2.45) is 23.2 Å². The van der Waals surface area contributed by atoms with Crippen LogP contribution < -0.4 is 4.74 Å². The number of carboxylic acids is 1. The largest absolute Gasteiger partial charge is 0.491 e. The van der Waals surface area contributed by atoms with Gasteiger partial charge in [-0.25, -0.2) is 0 Å². The van der Waals surface area contributed by atoms with Crippen molar-refractivity contribution in [2.75, 3.05) is 20.2 Å². The first-order valence-electron chi connectivity index (χ1n) is 11.5. The van der Waals surface area contributed by atoms with Gasteiger partial charge in [0.25, 0.3) is 0 Å². The van der Waals surface area contributed by atoms with Crippen LogP contribution in [0.4, 0.5) is 0 Å². The summed E-state index contributed by atoms with van der Waals surface area (Å²) in [4.78, 5) is 23.0. The standard InChI is InChI=1S/C19H25ClO2.C6H11NO2/c1-13-5-15-7-16(6-13)10-19(2,9-15)12-22-18-4-3-14(11-21)8-17(18)20;1-7-4-2-3-5(7)6(8)9/h3-4,8,11,13,15-16H,5-7,9-10,12H2,1-2H3;5H,2-4H2,1H3,(H,8,9). The number of hydrogen-bond donors (Lipinski definition) is 1. The van der Waals surface area contributed by atoms with Gasteiger partial charge in [-0.2, -0.15) is 0 Å². The molecule has 0 aromatic heterocycles. The number of halogens is 1. The van der Waals surface area contributed by atoms with Gasteiger partial charge in [0, 0.05) is 11.0 Å². The summed E-state index contributed by atoms with van der Waals surface area (Å²) >= 11 is 6.20. The van der Waals surface area contributed by atoms with E-state index < -0.39 is 5.97 Å². The molecule has 1 aromatic rings. The summed E-state index contributed by atoms with van der Waals surface area (Å²) in [6.45, 7) is 6.40. The number of benzene rings is 1. The highest BCUT2D eigenvalue weighted by Crippen LogP contribution is 2.50. The number of carbonyl (C=O) groups is 2. The Bertz CT molecular complexity index is 765. The molecule has 0 spiro atoms. The molecule has 31 heavy (non-hydrogen) atoms. The highest BCUT2D eigenvalue weighted by atomic mass is 35.5. The van der Waals surface area contributed by atoms with Gasteiger partial charge in [0.1, 0.15) is 18.1 Å². The van der Waals surface area contributed by atoms with Crippen LogP contribution in [0.15, 0.2) is 18.2 Å². The summed E-state index contributed by atoms with van der Waals surface area (Å²) in [6.07, 6.45) is 9.33. The molecule has 3 atom stereocenters. The third kappa shape index (κ3) is 6.45. The van der Waals surface area contributed by atoms with E-state index in [1.807, 2.05) is 11.9 Å². The van der Waals surface area contributed by atoms with Crippen LogP contribution in [-0.2, 0) is 4.79 Å². The normalized spacial score (nSPS) is 32.6. The van der Waals surface area contributed by atoms with Crippen LogP contribution in [0.1, 0.15) is 69.2 Å². The zero-order valence-electron chi connectivity index (χ0n) is 19.0. The molecule has 0 amide bonds. The summed E-state index contributed by atoms with van der Waals surface area (Å²) in [5.41, 5.74) is 0.838. The van der Waals surface area contributed by atoms with Gasteiger partial charge in [0.05, 0.1) is 11.6 Å². The number of rotatable bonds is 5. The summed E-state index contributed by atoms with van der Waals surface area (Å²) < 4.78 is 6.02. The van der Waals surface area contributed by atoms with Crippen molar-refractivity contribution in [2.45, 2.75) is 64.8 Å². The SMILES string of the molecule is CC1CC2CC(C1)CC(C)(COc1ccc(C=O)cc1Cl)C2.CN1CCCC1C(=O)O. The number of carbonyl (C=O) groups excluding carboxylic acids is 1. The summed E-state index contributed by atoms with van der Waals surface area (Å²) in [6, 6.07) is 5.02. The van der Waals surface area contributed by atoms with Crippen LogP contribution >= 0.6 is 11.6 Å².